The Morgan fingerprint density at radius 2 is 1.38 bits per heavy atom. The number of fused-ring (bicyclic) bond motifs is 5. The fraction of sp³-hybridized carbons (Fsp3) is 0.455. The van der Waals surface area contributed by atoms with E-state index in [4.69, 9.17) is 0 Å². The van der Waals surface area contributed by atoms with Gasteiger partial charge < -0.3 is 0 Å². The molecular weight excluding hydrogens is 164 g/mol. The van der Waals surface area contributed by atoms with Gasteiger partial charge in [0.25, 0.3) is 0 Å². The van der Waals surface area contributed by atoms with E-state index in [1.807, 2.05) is 0 Å². The fourth-order valence-corrected chi connectivity index (χ4v) is 2.98. The van der Waals surface area contributed by atoms with Crippen molar-refractivity contribution in [2.75, 3.05) is 0 Å². The van der Waals surface area contributed by atoms with Crippen molar-refractivity contribution in [2.24, 2.45) is 23.7 Å². The highest BCUT2D eigenvalue weighted by Gasteiger charge is 2.51. The van der Waals surface area contributed by atoms with Crippen LogP contribution < -0.4 is 0 Å². The van der Waals surface area contributed by atoms with Gasteiger partial charge in [-0.2, -0.15) is 0 Å². The quantitative estimate of drug-likeness (QED) is 0.516. The molecule has 66 valence electrons. The second-order valence-electron chi connectivity index (χ2n) is 4.14. The molecule has 0 spiro atoms. The van der Waals surface area contributed by atoms with E-state index in [9.17, 15) is 9.59 Å². The van der Waals surface area contributed by atoms with Crippen LogP contribution in [0.25, 0.3) is 0 Å². The molecule has 2 bridgehead atoms. The molecule has 0 aromatic rings. The molecule has 0 amide bonds. The Bertz CT molecular complexity index is 319. The van der Waals surface area contributed by atoms with Crippen LogP contribution in [0.15, 0.2) is 24.3 Å². The van der Waals surface area contributed by atoms with Crippen molar-refractivity contribution in [2.45, 2.75) is 6.42 Å². The van der Waals surface area contributed by atoms with Crippen molar-refractivity contribution in [1.82, 2.24) is 0 Å². The Hall–Kier alpha value is -1.18. The fourth-order valence-electron chi connectivity index (χ4n) is 2.98. The second-order valence-corrected chi connectivity index (χ2v) is 4.14. The normalized spacial score (nSPS) is 45.8. The SMILES string of the molecule is O=C1C=CC(=O)[C@H]2C3C=CC(C3)[C@@H]12. The monoisotopic (exact) mass is 174 g/mol. The number of ketones is 2. The molecule has 0 radical (unpaired) electrons. The number of hydrogen-bond donors (Lipinski definition) is 0. The zero-order valence-corrected chi connectivity index (χ0v) is 7.14. The van der Waals surface area contributed by atoms with Gasteiger partial charge in [0.05, 0.1) is 0 Å². The van der Waals surface area contributed by atoms with Crippen LogP contribution in [-0.4, -0.2) is 11.6 Å². The number of carbonyl (C=O) groups excluding carboxylic acids is 2. The van der Waals surface area contributed by atoms with E-state index < -0.39 is 0 Å². The summed E-state index contributed by atoms with van der Waals surface area (Å²) in [7, 11) is 0. The summed E-state index contributed by atoms with van der Waals surface area (Å²) in [5.74, 6) is 0.954. The van der Waals surface area contributed by atoms with E-state index in [-0.39, 0.29) is 23.4 Å². The van der Waals surface area contributed by atoms with Crippen LogP contribution >= 0.6 is 0 Å². The minimum absolute atomic E-state index is 0.0208. The minimum Gasteiger partial charge on any atom is -0.294 e. The minimum atomic E-state index is -0.0208. The van der Waals surface area contributed by atoms with Crippen molar-refractivity contribution < 1.29 is 9.59 Å². The van der Waals surface area contributed by atoms with E-state index in [0.717, 1.165) is 6.42 Å². The first-order valence-electron chi connectivity index (χ1n) is 4.71. The highest BCUT2D eigenvalue weighted by Crippen LogP contribution is 2.50. The Balaban J connectivity index is 2.09. The second kappa shape index (κ2) is 2.19. The predicted octanol–water partition coefficient (Wildman–Crippen LogP) is 1.13. The lowest BCUT2D eigenvalue weighted by Gasteiger charge is -2.26. The van der Waals surface area contributed by atoms with Gasteiger partial charge in [-0.05, 0) is 30.4 Å². The molecular formula is C11H10O2. The molecule has 2 nitrogen and oxygen atoms in total. The van der Waals surface area contributed by atoms with Gasteiger partial charge in [0.15, 0.2) is 11.6 Å². The molecule has 1 saturated carbocycles. The van der Waals surface area contributed by atoms with Gasteiger partial charge in [-0.3, -0.25) is 9.59 Å². The third-order valence-electron chi connectivity index (χ3n) is 3.53. The van der Waals surface area contributed by atoms with Crippen molar-refractivity contribution >= 4 is 11.6 Å². The first-order valence-corrected chi connectivity index (χ1v) is 4.71. The van der Waals surface area contributed by atoms with E-state index in [1.54, 1.807) is 0 Å². The van der Waals surface area contributed by atoms with Crippen molar-refractivity contribution in [1.29, 1.82) is 0 Å². The molecule has 0 aliphatic heterocycles. The highest BCUT2D eigenvalue weighted by atomic mass is 16.1. The first kappa shape index (κ1) is 7.25. The van der Waals surface area contributed by atoms with Crippen molar-refractivity contribution in [3.05, 3.63) is 24.3 Å². The van der Waals surface area contributed by atoms with E-state index in [1.165, 1.54) is 12.2 Å². The summed E-state index contributed by atoms with van der Waals surface area (Å²) < 4.78 is 0. The molecule has 0 saturated heterocycles. The zero-order chi connectivity index (χ0) is 9.00. The Morgan fingerprint density at radius 3 is 1.85 bits per heavy atom. The molecule has 4 atom stereocenters. The van der Waals surface area contributed by atoms with Gasteiger partial charge in [-0.1, -0.05) is 12.2 Å². The van der Waals surface area contributed by atoms with Gasteiger partial charge in [0.2, 0.25) is 0 Å². The Kier molecular flexibility index (Phi) is 1.22. The highest BCUT2D eigenvalue weighted by molar-refractivity contribution is 6.08. The molecule has 0 aromatic heterocycles. The largest absolute Gasteiger partial charge is 0.294 e. The first-order chi connectivity index (χ1) is 6.27. The third kappa shape index (κ3) is 0.781. The van der Waals surface area contributed by atoms with Crippen LogP contribution in [0.3, 0.4) is 0 Å². The van der Waals surface area contributed by atoms with Gasteiger partial charge >= 0.3 is 0 Å². The lowest BCUT2D eigenvalue weighted by atomic mass is 9.75. The average Bonchev–Trinajstić information content (AvgIpc) is 2.70. The van der Waals surface area contributed by atoms with Crippen LogP contribution in [-0.2, 0) is 9.59 Å². The van der Waals surface area contributed by atoms with Gasteiger partial charge in [0, 0.05) is 11.8 Å². The molecule has 0 aromatic carbocycles. The van der Waals surface area contributed by atoms with Crippen LogP contribution in [0, 0.1) is 23.7 Å². The van der Waals surface area contributed by atoms with E-state index in [0.29, 0.717) is 11.8 Å². The molecule has 2 unspecified atom stereocenters. The standard InChI is InChI=1S/C11H10O2/c12-8-3-4-9(13)11-7-2-1-6(5-7)10(8)11/h1-4,6-7,10-11H,5H2/t6?,7?,10-,11+. The summed E-state index contributed by atoms with van der Waals surface area (Å²) >= 11 is 0. The van der Waals surface area contributed by atoms with E-state index >= 15 is 0 Å². The summed E-state index contributed by atoms with van der Waals surface area (Å²) in [6.07, 6.45) is 8.14. The number of allylic oxidation sites excluding steroid dienone is 4. The number of rotatable bonds is 0. The van der Waals surface area contributed by atoms with Gasteiger partial charge in [-0.15, -0.1) is 0 Å². The molecule has 2 heteroatoms. The Morgan fingerprint density at radius 1 is 0.923 bits per heavy atom. The summed E-state index contributed by atoms with van der Waals surface area (Å²) in [5.41, 5.74) is 0. The average molecular weight is 174 g/mol. The van der Waals surface area contributed by atoms with Crippen LogP contribution in [0.2, 0.25) is 0 Å². The smallest absolute Gasteiger partial charge is 0.160 e. The Labute approximate surface area is 76.3 Å². The third-order valence-corrected chi connectivity index (χ3v) is 3.53. The van der Waals surface area contributed by atoms with Crippen LogP contribution in [0.4, 0.5) is 0 Å². The molecule has 3 aliphatic carbocycles. The summed E-state index contributed by atoms with van der Waals surface area (Å²) in [4.78, 5) is 23.1. The zero-order valence-electron chi connectivity index (χ0n) is 7.14. The van der Waals surface area contributed by atoms with Crippen LogP contribution in [0.5, 0.6) is 0 Å². The summed E-state index contributed by atoms with van der Waals surface area (Å²) in [5, 5.41) is 0. The molecule has 0 heterocycles. The maximum atomic E-state index is 11.5. The molecule has 0 N–H and O–H groups in total. The molecule has 3 rings (SSSR count). The van der Waals surface area contributed by atoms with E-state index in [2.05, 4.69) is 12.2 Å². The maximum Gasteiger partial charge on any atom is 0.160 e. The van der Waals surface area contributed by atoms with Crippen molar-refractivity contribution in [3.8, 4) is 0 Å². The summed E-state index contributed by atoms with van der Waals surface area (Å²) in [6, 6.07) is 0. The van der Waals surface area contributed by atoms with Gasteiger partial charge in [0.1, 0.15) is 0 Å². The predicted molar refractivity (Wildman–Crippen MR) is 46.9 cm³/mol. The number of hydrogen-bond acceptors (Lipinski definition) is 2. The molecule has 3 aliphatic rings. The topological polar surface area (TPSA) is 34.1 Å². The lowest BCUT2D eigenvalue weighted by molar-refractivity contribution is -0.129. The van der Waals surface area contributed by atoms with Crippen molar-refractivity contribution in [3.63, 3.8) is 0 Å². The summed E-state index contributed by atoms with van der Waals surface area (Å²) in [6.45, 7) is 0. The molecule has 1 fully saturated rings. The maximum absolute atomic E-state index is 11.5. The van der Waals surface area contributed by atoms with Gasteiger partial charge in [-0.25, -0.2) is 0 Å². The molecule has 13 heavy (non-hydrogen) atoms. The number of carbonyl (C=O) groups is 2. The lowest BCUT2D eigenvalue weighted by Crippen LogP contribution is -2.34. The van der Waals surface area contributed by atoms with Crippen LogP contribution in [0.1, 0.15) is 6.42 Å².